The van der Waals surface area contributed by atoms with Crippen molar-refractivity contribution in [3.63, 3.8) is 0 Å². The Balaban J connectivity index is 0.999. The van der Waals surface area contributed by atoms with E-state index in [1.54, 1.807) is 53.6 Å². The van der Waals surface area contributed by atoms with E-state index in [1.165, 1.54) is 14.2 Å². The Morgan fingerprint density at radius 1 is 0.776 bits per heavy atom. The summed E-state index contributed by atoms with van der Waals surface area (Å²) in [5, 5.41) is 2.62. The molecule has 16 heteroatoms. The second-order valence-corrected chi connectivity index (χ2v) is 14.4. The fraction of sp³-hybridized carbons (Fsp3) is 0.357. The summed E-state index contributed by atoms with van der Waals surface area (Å²) in [7, 11) is 2.75. The zero-order chi connectivity index (χ0) is 40.8. The molecule has 0 aliphatic carbocycles. The molecule has 0 spiro atoms. The zero-order valence-electron chi connectivity index (χ0n) is 32.6. The van der Waals surface area contributed by atoms with Crippen LogP contribution in [0, 0.1) is 0 Å². The number of benzene rings is 2. The average Bonchev–Trinajstić information content (AvgIpc) is 4.09. The summed E-state index contributed by atoms with van der Waals surface area (Å²) in [5.41, 5.74) is 11.7. The Hall–Kier alpha value is -6.55. The van der Waals surface area contributed by atoms with Gasteiger partial charge < -0.3 is 45.0 Å². The molecule has 16 nitrogen and oxygen atoms in total. The first-order valence-electron chi connectivity index (χ1n) is 19.3. The van der Waals surface area contributed by atoms with Crippen molar-refractivity contribution < 1.29 is 33.4 Å². The third-order valence-electron chi connectivity index (χ3n) is 10.9. The molecule has 3 aromatic heterocycles. The zero-order valence-corrected chi connectivity index (χ0v) is 32.6. The number of carbonyl (C=O) groups excluding carboxylic acids is 4. The molecular weight excluding hydrogens is 743 g/mol. The highest BCUT2D eigenvalue weighted by atomic mass is 16.6. The van der Waals surface area contributed by atoms with Gasteiger partial charge in [-0.05, 0) is 72.6 Å². The van der Waals surface area contributed by atoms with Crippen molar-refractivity contribution in [3.05, 3.63) is 103 Å². The van der Waals surface area contributed by atoms with E-state index in [-0.39, 0.29) is 30.3 Å². The fourth-order valence-electron chi connectivity index (χ4n) is 7.74. The largest absolute Gasteiger partial charge is 0.453 e. The number of hydrogen-bond acceptors (Lipinski definition) is 10. The van der Waals surface area contributed by atoms with E-state index in [0.717, 1.165) is 64.9 Å². The van der Waals surface area contributed by atoms with Crippen molar-refractivity contribution in [2.45, 2.75) is 69.4 Å². The lowest BCUT2D eigenvalue weighted by Crippen LogP contribution is -2.54. The number of aromatic nitrogens is 5. The van der Waals surface area contributed by atoms with Crippen LogP contribution in [-0.4, -0.2) is 104 Å². The van der Waals surface area contributed by atoms with Gasteiger partial charge in [-0.25, -0.2) is 19.6 Å². The van der Waals surface area contributed by atoms with Crippen LogP contribution in [0.4, 0.5) is 9.59 Å². The van der Waals surface area contributed by atoms with Crippen molar-refractivity contribution in [1.82, 2.24) is 40.0 Å². The minimum absolute atomic E-state index is 0.189. The van der Waals surface area contributed by atoms with Crippen LogP contribution in [0.25, 0.3) is 33.6 Å². The minimum Gasteiger partial charge on any atom is -0.453 e. The lowest BCUT2D eigenvalue weighted by molar-refractivity contribution is -0.141. The van der Waals surface area contributed by atoms with Gasteiger partial charge in [0.25, 0.3) is 5.91 Å². The van der Waals surface area contributed by atoms with Crippen LogP contribution in [-0.2, 0) is 30.2 Å². The molecule has 0 bridgehead atoms. The Bertz CT molecular complexity index is 2210. The van der Waals surface area contributed by atoms with Crippen molar-refractivity contribution in [3.8, 4) is 33.6 Å². The maximum absolute atomic E-state index is 13.7. The molecule has 0 saturated carbocycles. The van der Waals surface area contributed by atoms with Gasteiger partial charge in [0.1, 0.15) is 17.7 Å². The molecule has 5 N–H and O–H groups in total. The van der Waals surface area contributed by atoms with Crippen LogP contribution in [0.1, 0.15) is 61.9 Å². The molecule has 5 heterocycles. The van der Waals surface area contributed by atoms with Crippen molar-refractivity contribution >= 4 is 24.0 Å². The number of imidazole rings is 2. The summed E-state index contributed by atoms with van der Waals surface area (Å²) in [6.07, 6.45) is 6.70. The van der Waals surface area contributed by atoms with Crippen LogP contribution in [0.2, 0.25) is 0 Å². The number of likely N-dealkylation sites (tertiary alicyclic amines) is 2. The minimum atomic E-state index is -1.06. The summed E-state index contributed by atoms with van der Waals surface area (Å²) in [6, 6.07) is 18.4. The number of alkyl carbamates (subject to hydrolysis) is 1. The lowest BCUT2D eigenvalue weighted by atomic mass is 10.0. The van der Waals surface area contributed by atoms with Gasteiger partial charge in [-0.15, -0.1) is 0 Å². The number of amides is 4. The maximum Gasteiger partial charge on any atom is 0.407 e. The molecule has 2 aliphatic rings. The number of hydrogen-bond donors (Lipinski definition) is 4. The normalized spacial score (nSPS) is 18.1. The van der Waals surface area contributed by atoms with E-state index in [9.17, 15) is 19.2 Å². The summed E-state index contributed by atoms with van der Waals surface area (Å²) in [5.74, 6) is 0.774. The highest BCUT2D eigenvalue weighted by molar-refractivity contribution is 5.87. The Morgan fingerprint density at radius 2 is 1.28 bits per heavy atom. The van der Waals surface area contributed by atoms with Crippen LogP contribution < -0.4 is 11.1 Å². The van der Waals surface area contributed by atoms with Gasteiger partial charge in [-0.1, -0.05) is 48.5 Å². The number of nitrogens with one attached hydrogen (secondary N) is 3. The molecule has 2 aromatic carbocycles. The maximum atomic E-state index is 13.7. The summed E-state index contributed by atoms with van der Waals surface area (Å²) >= 11 is 0. The van der Waals surface area contributed by atoms with Crippen molar-refractivity contribution in [1.29, 1.82) is 0 Å². The highest BCUT2D eigenvalue weighted by Crippen LogP contribution is 2.35. The third kappa shape index (κ3) is 8.71. The molecule has 5 atom stereocenters. The monoisotopic (exact) mass is 789 g/mol. The number of ether oxygens (including phenoxy) is 3. The number of carbonyl (C=O) groups is 4. The van der Waals surface area contributed by atoms with Gasteiger partial charge in [0.15, 0.2) is 6.10 Å². The van der Waals surface area contributed by atoms with Gasteiger partial charge in [-0.3, -0.25) is 14.6 Å². The first kappa shape index (κ1) is 39.7. The quantitative estimate of drug-likeness (QED) is 0.121. The smallest absolute Gasteiger partial charge is 0.407 e. The molecule has 1 unspecified atom stereocenters. The van der Waals surface area contributed by atoms with E-state index in [1.807, 2.05) is 36.4 Å². The van der Waals surface area contributed by atoms with Crippen molar-refractivity contribution in [2.75, 3.05) is 27.3 Å². The fourth-order valence-corrected chi connectivity index (χ4v) is 7.74. The Kier molecular flexibility index (Phi) is 12.1. The molecule has 7 rings (SSSR count). The van der Waals surface area contributed by atoms with Crippen LogP contribution in [0.3, 0.4) is 0 Å². The van der Waals surface area contributed by atoms with Crippen molar-refractivity contribution in [2.24, 2.45) is 5.73 Å². The molecule has 2 fully saturated rings. The second-order valence-electron chi connectivity index (χ2n) is 14.4. The first-order chi connectivity index (χ1) is 28.1. The van der Waals surface area contributed by atoms with Crippen LogP contribution in [0.5, 0.6) is 0 Å². The molecule has 2 aliphatic heterocycles. The Labute approximate surface area is 335 Å². The van der Waals surface area contributed by atoms with Gasteiger partial charge in [-0.2, -0.15) is 0 Å². The topological polar surface area (TPSA) is 211 Å². The number of nitrogens with two attached hydrogens (primary N) is 1. The highest BCUT2D eigenvalue weighted by Gasteiger charge is 2.39. The molecule has 302 valence electrons. The van der Waals surface area contributed by atoms with E-state index in [0.29, 0.717) is 24.7 Å². The number of H-pyrrole nitrogens is 2. The SMILES string of the molecule is COC(=O)N[C@H](C(=O)N1CCCC1c1ncc(-c2ccc(-c3ccc(-c4cnc([C@@H]5CCCN5C(=O)[C@H](Cc5ccncc5)OC(N)=O)[nH]4)cc3)cc2)[nH]1)[C@@H](C)OC. The number of aromatic amines is 2. The Morgan fingerprint density at radius 3 is 1.76 bits per heavy atom. The summed E-state index contributed by atoms with van der Waals surface area (Å²) < 4.78 is 15.4. The number of rotatable bonds is 13. The van der Waals surface area contributed by atoms with E-state index >= 15 is 0 Å². The number of methoxy groups -OCH3 is 2. The van der Waals surface area contributed by atoms with Gasteiger partial charge >= 0.3 is 12.2 Å². The van der Waals surface area contributed by atoms with Crippen LogP contribution >= 0.6 is 0 Å². The number of primary amides is 1. The van der Waals surface area contributed by atoms with E-state index in [2.05, 4.69) is 42.4 Å². The van der Waals surface area contributed by atoms with Gasteiger partial charge in [0.05, 0.1) is 49.1 Å². The molecule has 5 aromatic rings. The average molecular weight is 790 g/mol. The summed E-state index contributed by atoms with van der Waals surface area (Å²) in [4.78, 5) is 74.7. The van der Waals surface area contributed by atoms with E-state index in [4.69, 9.17) is 19.9 Å². The molecule has 58 heavy (non-hydrogen) atoms. The third-order valence-corrected chi connectivity index (χ3v) is 10.9. The lowest BCUT2D eigenvalue weighted by Gasteiger charge is -2.30. The summed E-state index contributed by atoms with van der Waals surface area (Å²) in [6.45, 7) is 2.78. The second kappa shape index (κ2) is 17.7. The molecule has 4 amide bonds. The predicted molar refractivity (Wildman–Crippen MR) is 213 cm³/mol. The van der Waals surface area contributed by atoms with Crippen LogP contribution in [0.15, 0.2) is 85.5 Å². The predicted octanol–water partition coefficient (Wildman–Crippen LogP) is 5.32. The molecule has 0 radical (unpaired) electrons. The number of nitrogens with zero attached hydrogens (tertiary/aromatic N) is 5. The van der Waals surface area contributed by atoms with Gasteiger partial charge in [0, 0.05) is 39.0 Å². The van der Waals surface area contributed by atoms with E-state index < -0.39 is 30.4 Å². The number of pyridine rings is 1. The first-order valence-corrected chi connectivity index (χ1v) is 19.3. The standard InChI is InChI=1S/C42H47N9O7/c1-25(56-2)36(49-42(55)57-3)40(53)51-21-5-7-34(51)38-46-24-32(48-38)30-14-10-28(11-15-30)27-8-12-29(13-9-27)31-23-45-37(47-31)33-6-4-20-50(33)39(52)35(58-41(43)54)22-26-16-18-44-19-17-26/h8-19,23-25,33-36H,4-7,20-22H2,1-3H3,(H2,43,54)(H,45,47)(H,46,48)(H,49,55)/t25-,33+,34?,35+,36+/m1/s1. The molecular formula is C42H47N9O7. The van der Waals surface area contributed by atoms with Gasteiger partial charge in [0.2, 0.25) is 5.91 Å². The molecule has 2 saturated heterocycles.